The second kappa shape index (κ2) is 7.50. The maximum absolute atomic E-state index is 9.63. The van der Waals surface area contributed by atoms with E-state index in [1.807, 2.05) is 7.11 Å². The minimum absolute atomic E-state index is 0.121. The highest BCUT2D eigenvalue weighted by Crippen LogP contribution is 2.66. The van der Waals surface area contributed by atoms with Gasteiger partial charge in [-0.05, 0) is 80.5 Å². The number of hydrogen-bond acceptors (Lipinski definition) is 4. The normalized spacial score (nSPS) is 46.0. The van der Waals surface area contributed by atoms with Crippen LogP contribution in [-0.4, -0.2) is 33.7 Å². The molecule has 0 aromatic carbocycles. The van der Waals surface area contributed by atoms with Crippen molar-refractivity contribution in [1.82, 2.24) is 0 Å². The molecule has 0 aliphatic heterocycles. The second-order valence-electron chi connectivity index (χ2n) is 9.71. The van der Waals surface area contributed by atoms with E-state index in [1.165, 1.54) is 32.1 Å². The first kappa shape index (κ1) is 19.4. The first-order valence-electron chi connectivity index (χ1n) is 10.8. The van der Waals surface area contributed by atoms with E-state index in [-0.39, 0.29) is 5.41 Å². The molecular weight excluding hydrogens is 338 g/mol. The van der Waals surface area contributed by atoms with Crippen molar-refractivity contribution < 1.29 is 14.2 Å². The first-order chi connectivity index (χ1) is 13.1. The third-order valence-electron chi connectivity index (χ3n) is 8.85. The average molecular weight is 374 g/mol. The van der Waals surface area contributed by atoms with Crippen LogP contribution in [0.5, 0.6) is 0 Å². The molecule has 0 radical (unpaired) electrons. The lowest BCUT2D eigenvalue weighted by molar-refractivity contribution is -0.171. The fourth-order valence-corrected chi connectivity index (χ4v) is 7.62. The van der Waals surface area contributed by atoms with Crippen molar-refractivity contribution in [3.63, 3.8) is 0 Å². The number of methoxy groups -OCH3 is 2. The molecule has 4 aliphatic rings. The first-order valence-corrected chi connectivity index (χ1v) is 10.8. The molecule has 4 aliphatic carbocycles. The summed E-state index contributed by atoms with van der Waals surface area (Å²) in [5, 5.41) is 9.63. The van der Waals surface area contributed by atoms with Gasteiger partial charge in [-0.15, -0.1) is 0 Å². The molecule has 0 saturated heterocycles. The van der Waals surface area contributed by atoms with Crippen LogP contribution in [0.1, 0.15) is 58.3 Å². The van der Waals surface area contributed by atoms with Crippen molar-refractivity contribution in [3.8, 4) is 6.07 Å². The maximum atomic E-state index is 9.63. The molecule has 3 fully saturated rings. The Kier molecular flexibility index (Phi) is 5.40. The molecule has 0 N–H and O–H groups in total. The highest BCUT2D eigenvalue weighted by molar-refractivity contribution is 5.35. The molecule has 0 aromatic heterocycles. The van der Waals surface area contributed by atoms with E-state index in [1.54, 1.807) is 7.11 Å². The van der Waals surface area contributed by atoms with Crippen LogP contribution in [0.4, 0.5) is 0 Å². The predicted octanol–water partition coefficient (Wildman–Crippen LogP) is 4.70. The third kappa shape index (κ3) is 2.98. The summed E-state index contributed by atoms with van der Waals surface area (Å²) in [6.07, 6.45) is 12.2. The minimum atomic E-state index is 0.121. The van der Waals surface area contributed by atoms with Crippen LogP contribution in [0.15, 0.2) is 11.6 Å². The maximum Gasteiger partial charge on any atom is 0.146 e. The zero-order valence-corrected chi connectivity index (χ0v) is 17.2. The molecule has 150 valence electrons. The summed E-state index contributed by atoms with van der Waals surface area (Å²) in [7, 11) is 3.58. The van der Waals surface area contributed by atoms with Gasteiger partial charge >= 0.3 is 0 Å². The van der Waals surface area contributed by atoms with Crippen LogP contribution in [0.2, 0.25) is 0 Å². The molecule has 4 rings (SSSR count). The smallest absolute Gasteiger partial charge is 0.146 e. The topological polar surface area (TPSA) is 51.5 Å². The van der Waals surface area contributed by atoms with E-state index in [2.05, 4.69) is 19.1 Å². The highest BCUT2D eigenvalue weighted by atomic mass is 16.7. The summed E-state index contributed by atoms with van der Waals surface area (Å²) in [5.74, 6) is 2.84. The summed E-state index contributed by atoms with van der Waals surface area (Å²) in [5.41, 5.74) is 1.49. The van der Waals surface area contributed by atoms with E-state index < -0.39 is 0 Å². The van der Waals surface area contributed by atoms with Gasteiger partial charge in [0.1, 0.15) is 6.79 Å². The summed E-state index contributed by atoms with van der Waals surface area (Å²) < 4.78 is 16.9. The largest absolute Gasteiger partial charge is 0.384 e. The Bertz CT molecular complexity index is 626. The number of hydrogen-bond donors (Lipinski definition) is 0. The molecule has 0 heterocycles. The number of nitrogens with zero attached hydrogens (tertiary/aromatic N) is 1. The molecule has 4 heteroatoms. The summed E-state index contributed by atoms with van der Waals surface area (Å²) in [4.78, 5) is 0. The average Bonchev–Trinajstić information content (AvgIpc) is 3.02. The van der Waals surface area contributed by atoms with E-state index in [0.717, 1.165) is 43.3 Å². The fourth-order valence-electron chi connectivity index (χ4n) is 7.62. The molecule has 0 aromatic rings. The van der Waals surface area contributed by atoms with Crippen molar-refractivity contribution in [3.05, 3.63) is 11.6 Å². The summed E-state index contributed by atoms with van der Waals surface area (Å²) in [6.45, 7) is 3.65. The van der Waals surface area contributed by atoms with Crippen molar-refractivity contribution in [2.75, 3.05) is 27.6 Å². The van der Waals surface area contributed by atoms with E-state index >= 15 is 0 Å². The summed E-state index contributed by atoms with van der Waals surface area (Å²) in [6, 6.07) is 2.52. The predicted molar refractivity (Wildman–Crippen MR) is 104 cm³/mol. The molecule has 0 bridgehead atoms. The van der Waals surface area contributed by atoms with Crippen molar-refractivity contribution >= 4 is 0 Å². The highest BCUT2D eigenvalue weighted by Gasteiger charge is 2.60. The molecule has 2 unspecified atom stereocenters. The molecule has 0 spiro atoms. The Morgan fingerprint density at radius 1 is 1.11 bits per heavy atom. The lowest BCUT2D eigenvalue weighted by Gasteiger charge is -2.61. The number of allylic oxidation sites excluding steroid dienone is 2. The van der Waals surface area contributed by atoms with Gasteiger partial charge in [0.05, 0.1) is 18.8 Å². The van der Waals surface area contributed by atoms with Crippen molar-refractivity contribution in [1.29, 1.82) is 5.26 Å². The van der Waals surface area contributed by atoms with Crippen LogP contribution in [0.3, 0.4) is 0 Å². The second-order valence-corrected chi connectivity index (χ2v) is 9.71. The van der Waals surface area contributed by atoms with Crippen LogP contribution in [-0.2, 0) is 14.2 Å². The van der Waals surface area contributed by atoms with Crippen molar-refractivity contribution in [2.45, 2.75) is 64.4 Å². The molecule has 0 amide bonds. The van der Waals surface area contributed by atoms with Crippen LogP contribution in [0.25, 0.3) is 0 Å². The zero-order valence-electron chi connectivity index (χ0n) is 17.2. The van der Waals surface area contributed by atoms with Gasteiger partial charge in [-0.1, -0.05) is 13.0 Å². The van der Waals surface area contributed by atoms with Crippen LogP contribution in [0, 0.1) is 45.8 Å². The van der Waals surface area contributed by atoms with Gasteiger partial charge in [0.15, 0.2) is 0 Å². The van der Waals surface area contributed by atoms with E-state index in [4.69, 9.17) is 14.2 Å². The summed E-state index contributed by atoms with van der Waals surface area (Å²) >= 11 is 0. The van der Waals surface area contributed by atoms with Gasteiger partial charge in [-0.2, -0.15) is 5.26 Å². The van der Waals surface area contributed by atoms with Crippen LogP contribution < -0.4 is 0 Å². The number of fused-ring (bicyclic) bond motifs is 5. The molecule has 7 atom stereocenters. The fraction of sp³-hybridized carbons (Fsp3) is 0.870. The lowest BCUT2D eigenvalue weighted by atomic mass is 9.44. The lowest BCUT2D eigenvalue weighted by Crippen LogP contribution is -2.56. The van der Waals surface area contributed by atoms with Crippen molar-refractivity contribution in [2.24, 2.45) is 34.5 Å². The Labute approximate surface area is 164 Å². The Hall–Kier alpha value is -0.890. The molecule has 4 nitrogen and oxygen atoms in total. The SMILES string of the molecule is COCOC1CC[C@@]2(COC)C(CC[C@@H]3[C@H]2CC[C@]2(C)C(C#N)=CC[C@@H]32)C1. The minimum Gasteiger partial charge on any atom is -0.384 e. The number of ether oxygens (including phenoxy) is 3. The molecule has 3 saturated carbocycles. The quantitative estimate of drug-likeness (QED) is 0.655. The zero-order chi connectivity index (χ0) is 19.1. The van der Waals surface area contributed by atoms with Gasteiger partial charge in [-0.3, -0.25) is 0 Å². The van der Waals surface area contributed by atoms with Gasteiger partial charge in [0, 0.05) is 25.2 Å². The number of nitriles is 1. The van der Waals surface area contributed by atoms with Gasteiger partial charge in [0.2, 0.25) is 0 Å². The van der Waals surface area contributed by atoms with Crippen LogP contribution >= 0.6 is 0 Å². The van der Waals surface area contributed by atoms with Gasteiger partial charge in [0.25, 0.3) is 0 Å². The monoisotopic (exact) mass is 373 g/mol. The van der Waals surface area contributed by atoms with E-state index in [0.29, 0.717) is 30.1 Å². The Morgan fingerprint density at radius 3 is 2.70 bits per heavy atom. The molecular formula is C23H35NO3. The Balaban J connectivity index is 1.57. The standard InChI is InChI=1S/C23H35NO3/c1-22-10-9-21-19(20(22)7-5-17(22)13-24)6-4-16-12-18(27-15-26-3)8-11-23(16,21)14-25-2/h5,16,18-21H,4,6-12,14-15H2,1-3H3/t16?,18?,19-,20-,21+,22+,23+/m0/s1. The van der Waals surface area contributed by atoms with Gasteiger partial charge in [-0.25, -0.2) is 0 Å². The van der Waals surface area contributed by atoms with E-state index in [9.17, 15) is 5.26 Å². The Morgan fingerprint density at radius 2 is 1.96 bits per heavy atom. The van der Waals surface area contributed by atoms with Gasteiger partial charge < -0.3 is 14.2 Å². The number of rotatable bonds is 5. The third-order valence-corrected chi connectivity index (χ3v) is 8.85. The molecule has 27 heavy (non-hydrogen) atoms.